The van der Waals surface area contributed by atoms with Gasteiger partial charge in [-0.15, -0.1) is 0 Å². The van der Waals surface area contributed by atoms with E-state index < -0.39 is 0 Å². The fourth-order valence-corrected chi connectivity index (χ4v) is 2.35. The molecule has 0 spiro atoms. The van der Waals surface area contributed by atoms with Crippen LogP contribution in [-0.4, -0.2) is 9.97 Å². The zero-order chi connectivity index (χ0) is 10.4. The monoisotopic (exact) mass is 199 g/mol. The first-order valence-electron chi connectivity index (χ1n) is 5.21. The summed E-state index contributed by atoms with van der Waals surface area (Å²) in [5.74, 6) is 0. The average Bonchev–Trinajstić information content (AvgIpc) is 2.75. The Kier molecular flexibility index (Phi) is 1.76. The van der Waals surface area contributed by atoms with Crippen molar-refractivity contribution in [2.75, 3.05) is 0 Å². The lowest BCUT2D eigenvalue weighted by Crippen LogP contribution is -2.00. The van der Waals surface area contributed by atoms with Crippen molar-refractivity contribution in [3.63, 3.8) is 0 Å². The largest absolute Gasteiger partial charge is 0.309 e. The lowest BCUT2D eigenvalue weighted by atomic mass is 9.97. The van der Waals surface area contributed by atoms with E-state index in [0.717, 1.165) is 24.1 Å². The van der Waals surface area contributed by atoms with Gasteiger partial charge < -0.3 is 5.32 Å². The van der Waals surface area contributed by atoms with Crippen LogP contribution in [0.15, 0.2) is 12.4 Å². The van der Waals surface area contributed by atoms with Crippen molar-refractivity contribution in [3.8, 4) is 0 Å². The molecule has 0 bridgehead atoms. The zero-order valence-electron chi connectivity index (χ0n) is 8.96. The molecule has 3 rings (SSSR count). The molecule has 3 heteroatoms. The van der Waals surface area contributed by atoms with E-state index in [1.165, 1.54) is 22.3 Å². The van der Waals surface area contributed by atoms with Gasteiger partial charge in [0.2, 0.25) is 0 Å². The van der Waals surface area contributed by atoms with Crippen molar-refractivity contribution in [3.05, 3.63) is 34.6 Å². The Hall–Kier alpha value is -1.48. The van der Waals surface area contributed by atoms with Crippen LogP contribution in [0.3, 0.4) is 0 Å². The summed E-state index contributed by atoms with van der Waals surface area (Å²) in [6.07, 6.45) is 3.54. The number of fused-ring (bicyclic) bond motifs is 3. The molecule has 1 N–H and O–H groups in total. The lowest BCUT2D eigenvalue weighted by Gasteiger charge is -2.10. The Bertz CT molecular complexity index is 546. The highest BCUT2D eigenvalue weighted by molar-refractivity contribution is 5.84. The Labute approximate surface area is 88.6 Å². The molecule has 0 atom stereocenters. The summed E-state index contributed by atoms with van der Waals surface area (Å²) in [6.45, 7) is 6.19. The fraction of sp³-hybridized carbons (Fsp3) is 0.333. The van der Waals surface area contributed by atoms with Crippen molar-refractivity contribution in [1.29, 1.82) is 0 Å². The molecule has 0 fully saturated rings. The first-order valence-corrected chi connectivity index (χ1v) is 5.21. The van der Waals surface area contributed by atoms with E-state index in [4.69, 9.17) is 0 Å². The molecule has 0 saturated carbocycles. The van der Waals surface area contributed by atoms with Crippen LogP contribution in [-0.2, 0) is 13.1 Å². The summed E-state index contributed by atoms with van der Waals surface area (Å²) in [6, 6.07) is 0. The summed E-state index contributed by atoms with van der Waals surface area (Å²) in [5, 5.41) is 3.38. The number of aryl methyl sites for hydroxylation is 1. The molecule has 2 aromatic rings. The summed E-state index contributed by atoms with van der Waals surface area (Å²) in [4.78, 5) is 8.88. The molecular weight excluding hydrogens is 186 g/mol. The van der Waals surface area contributed by atoms with E-state index in [9.17, 15) is 0 Å². The third kappa shape index (κ3) is 1.10. The van der Waals surface area contributed by atoms with Gasteiger partial charge in [0, 0.05) is 25.5 Å². The van der Waals surface area contributed by atoms with Gasteiger partial charge in [0.05, 0.1) is 11.0 Å². The van der Waals surface area contributed by atoms with Crippen molar-refractivity contribution in [2.24, 2.45) is 0 Å². The van der Waals surface area contributed by atoms with Crippen LogP contribution in [0.2, 0.25) is 0 Å². The summed E-state index contributed by atoms with van der Waals surface area (Å²) < 4.78 is 0. The average molecular weight is 199 g/mol. The van der Waals surface area contributed by atoms with Gasteiger partial charge >= 0.3 is 0 Å². The predicted octanol–water partition coefficient (Wildman–Crippen LogP) is 1.85. The van der Waals surface area contributed by atoms with Crippen LogP contribution in [0.4, 0.5) is 0 Å². The number of aromatic nitrogens is 2. The molecule has 15 heavy (non-hydrogen) atoms. The van der Waals surface area contributed by atoms with Gasteiger partial charge in [0.1, 0.15) is 0 Å². The highest BCUT2D eigenvalue weighted by Crippen LogP contribution is 2.29. The van der Waals surface area contributed by atoms with E-state index in [0.29, 0.717) is 0 Å². The number of nitrogens with zero attached hydrogens (tertiary/aromatic N) is 2. The van der Waals surface area contributed by atoms with Crippen LogP contribution < -0.4 is 5.32 Å². The van der Waals surface area contributed by atoms with Crippen LogP contribution >= 0.6 is 0 Å². The Morgan fingerprint density at radius 2 is 1.60 bits per heavy atom. The van der Waals surface area contributed by atoms with E-state index in [1.807, 2.05) is 0 Å². The van der Waals surface area contributed by atoms with Crippen molar-refractivity contribution >= 4 is 11.0 Å². The van der Waals surface area contributed by atoms with Gasteiger partial charge in [-0.05, 0) is 36.1 Å². The van der Waals surface area contributed by atoms with Crippen LogP contribution in [0.5, 0.6) is 0 Å². The second kappa shape index (κ2) is 3.00. The third-order valence-corrected chi connectivity index (χ3v) is 3.32. The molecule has 0 saturated heterocycles. The Balaban J connectivity index is 2.52. The number of benzene rings is 1. The lowest BCUT2D eigenvalue weighted by molar-refractivity contribution is 0.764. The predicted molar refractivity (Wildman–Crippen MR) is 59.6 cm³/mol. The quantitative estimate of drug-likeness (QED) is 0.703. The van der Waals surface area contributed by atoms with Gasteiger partial charge in [0.15, 0.2) is 0 Å². The first kappa shape index (κ1) is 8.80. The van der Waals surface area contributed by atoms with Crippen molar-refractivity contribution in [2.45, 2.75) is 26.9 Å². The molecule has 0 radical (unpaired) electrons. The molecule has 0 unspecified atom stereocenters. The molecule has 1 aliphatic rings. The van der Waals surface area contributed by atoms with E-state index >= 15 is 0 Å². The van der Waals surface area contributed by atoms with Crippen LogP contribution in [0.25, 0.3) is 11.0 Å². The fourth-order valence-electron chi connectivity index (χ4n) is 2.35. The highest BCUT2D eigenvalue weighted by Gasteiger charge is 2.19. The Morgan fingerprint density at radius 1 is 0.933 bits per heavy atom. The normalized spacial score (nSPS) is 14.5. The molecule has 1 aromatic carbocycles. The first-order chi connectivity index (χ1) is 7.29. The maximum Gasteiger partial charge on any atom is 0.0937 e. The van der Waals surface area contributed by atoms with E-state index in [-0.39, 0.29) is 0 Å². The summed E-state index contributed by atoms with van der Waals surface area (Å²) in [5.41, 5.74) is 7.50. The number of hydrogen-bond donors (Lipinski definition) is 1. The molecule has 1 aromatic heterocycles. The smallest absolute Gasteiger partial charge is 0.0937 e. The van der Waals surface area contributed by atoms with Gasteiger partial charge in [-0.1, -0.05) is 0 Å². The SMILES string of the molecule is Cc1c2c(c3nccnc3c1C)CNC2. The summed E-state index contributed by atoms with van der Waals surface area (Å²) >= 11 is 0. The van der Waals surface area contributed by atoms with Crippen molar-refractivity contribution < 1.29 is 0 Å². The molecule has 3 nitrogen and oxygen atoms in total. The highest BCUT2D eigenvalue weighted by atomic mass is 14.9. The molecule has 0 aliphatic carbocycles. The second-order valence-electron chi connectivity index (χ2n) is 4.06. The second-order valence-corrected chi connectivity index (χ2v) is 4.06. The Morgan fingerprint density at radius 3 is 2.40 bits per heavy atom. The van der Waals surface area contributed by atoms with Crippen molar-refractivity contribution in [1.82, 2.24) is 15.3 Å². The van der Waals surface area contributed by atoms with E-state index in [1.54, 1.807) is 12.4 Å². The minimum atomic E-state index is 0.922. The minimum Gasteiger partial charge on any atom is -0.309 e. The molecular formula is C12H13N3. The van der Waals surface area contributed by atoms with E-state index in [2.05, 4.69) is 29.1 Å². The van der Waals surface area contributed by atoms with Gasteiger partial charge in [-0.25, -0.2) is 0 Å². The molecule has 1 aliphatic heterocycles. The molecule has 2 heterocycles. The maximum atomic E-state index is 4.45. The zero-order valence-corrected chi connectivity index (χ0v) is 8.96. The van der Waals surface area contributed by atoms with Gasteiger partial charge in [-0.3, -0.25) is 9.97 Å². The van der Waals surface area contributed by atoms with Gasteiger partial charge in [-0.2, -0.15) is 0 Å². The molecule has 76 valence electrons. The maximum absolute atomic E-state index is 4.45. The topological polar surface area (TPSA) is 37.8 Å². The number of rotatable bonds is 0. The standard InChI is InChI=1S/C12H13N3/c1-7-8(2)11-12(15-4-3-14-11)10-6-13-5-9(7)10/h3-4,13H,5-6H2,1-2H3. The van der Waals surface area contributed by atoms with Gasteiger partial charge in [0.25, 0.3) is 0 Å². The number of nitrogens with one attached hydrogen (secondary N) is 1. The summed E-state index contributed by atoms with van der Waals surface area (Å²) in [7, 11) is 0. The van der Waals surface area contributed by atoms with Crippen LogP contribution in [0, 0.1) is 13.8 Å². The van der Waals surface area contributed by atoms with Crippen LogP contribution in [0.1, 0.15) is 22.3 Å². The molecule has 0 amide bonds. The minimum absolute atomic E-state index is 0.922. The number of hydrogen-bond acceptors (Lipinski definition) is 3. The third-order valence-electron chi connectivity index (χ3n) is 3.32.